The molecule has 2 aliphatic heterocycles. The summed E-state index contributed by atoms with van der Waals surface area (Å²) in [6.45, 7) is 0. The van der Waals surface area contributed by atoms with Crippen LogP contribution in [0.2, 0.25) is 0 Å². The standard InChI is InChI=1S/C12H12N2O4/c15-10-6-5-8(11(16)13-10)14-7-3-1-2-4-9(7)18-12(14)17/h1-4,8,12,17H,5-6H2,(H,13,15,16). The number of carbonyl (C=O) groups excluding carboxylic acids is 2. The number of imide groups is 1. The molecule has 1 saturated heterocycles. The van der Waals surface area contributed by atoms with Gasteiger partial charge in [0.2, 0.25) is 11.8 Å². The largest absolute Gasteiger partial charge is 0.445 e. The molecular formula is C12H12N2O4. The molecule has 0 spiro atoms. The molecule has 2 atom stereocenters. The lowest BCUT2D eigenvalue weighted by Crippen LogP contribution is -2.55. The monoisotopic (exact) mass is 248 g/mol. The second-order valence-electron chi connectivity index (χ2n) is 4.29. The van der Waals surface area contributed by atoms with E-state index in [4.69, 9.17) is 4.74 Å². The Morgan fingerprint density at radius 1 is 1.33 bits per heavy atom. The molecular weight excluding hydrogens is 236 g/mol. The number of hydrogen-bond acceptors (Lipinski definition) is 5. The third-order valence-electron chi connectivity index (χ3n) is 3.16. The van der Waals surface area contributed by atoms with E-state index in [9.17, 15) is 14.7 Å². The van der Waals surface area contributed by atoms with Crippen LogP contribution in [0.3, 0.4) is 0 Å². The Labute approximate surface area is 103 Å². The maximum atomic E-state index is 11.8. The van der Waals surface area contributed by atoms with Crippen LogP contribution in [0.4, 0.5) is 5.69 Å². The van der Waals surface area contributed by atoms with Crippen LogP contribution in [0, 0.1) is 0 Å². The number of benzene rings is 1. The average molecular weight is 248 g/mol. The Morgan fingerprint density at radius 2 is 2.11 bits per heavy atom. The summed E-state index contributed by atoms with van der Waals surface area (Å²) in [6.07, 6.45) is -0.548. The molecule has 3 rings (SSSR count). The van der Waals surface area contributed by atoms with E-state index in [0.717, 1.165) is 0 Å². The first-order chi connectivity index (χ1) is 8.66. The number of nitrogens with one attached hydrogen (secondary N) is 1. The Bertz CT molecular complexity index is 517. The minimum Gasteiger partial charge on any atom is -0.445 e. The molecule has 6 nitrogen and oxygen atoms in total. The summed E-state index contributed by atoms with van der Waals surface area (Å²) < 4.78 is 5.26. The lowest BCUT2D eigenvalue weighted by atomic mass is 10.0. The van der Waals surface area contributed by atoms with E-state index in [1.807, 2.05) is 0 Å². The fourth-order valence-electron chi connectivity index (χ4n) is 2.33. The number of fused-ring (bicyclic) bond motifs is 1. The number of aliphatic hydroxyl groups excluding tert-OH is 1. The van der Waals surface area contributed by atoms with Crippen LogP contribution in [-0.2, 0) is 9.59 Å². The topological polar surface area (TPSA) is 78.9 Å². The molecule has 1 fully saturated rings. The fourth-order valence-corrected chi connectivity index (χ4v) is 2.33. The van der Waals surface area contributed by atoms with Crippen molar-refractivity contribution in [3.8, 4) is 5.75 Å². The van der Waals surface area contributed by atoms with E-state index < -0.39 is 18.4 Å². The van der Waals surface area contributed by atoms with Gasteiger partial charge in [0.15, 0.2) is 0 Å². The first kappa shape index (κ1) is 11.0. The molecule has 0 saturated carbocycles. The van der Waals surface area contributed by atoms with E-state index in [1.165, 1.54) is 4.90 Å². The van der Waals surface area contributed by atoms with Gasteiger partial charge in [0.25, 0.3) is 6.41 Å². The molecule has 6 heteroatoms. The molecule has 0 aliphatic carbocycles. The minimum atomic E-state index is -1.19. The van der Waals surface area contributed by atoms with Gasteiger partial charge in [-0.2, -0.15) is 0 Å². The van der Waals surface area contributed by atoms with E-state index >= 15 is 0 Å². The minimum absolute atomic E-state index is 0.266. The fraction of sp³-hybridized carbons (Fsp3) is 0.333. The molecule has 1 aromatic rings. The SMILES string of the molecule is O=C1CCC(N2c3ccccc3OC2O)C(=O)N1. The molecule has 2 unspecified atom stereocenters. The van der Waals surface area contributed by atoms with Gasteiger partial charge in [-0.05, 0) is 18.6 Å². The first-order valence-electron chi connectivity index (χ1n) is 5.72. The Balaban J connectivity index is 1.92. The van der Waals surface area contributed by atoms with Crippen molar-refractivity contribution in [3.05, 3.63) is 24.3 Å². The van der Waals surface area contributed by atoms with Crippen LogP contribution in [0.15, 0.2) is 24.3 Å². The van der Waals surface area contributed by atoms with Gasteiger partial charge >= 0.3 is 0 Å². The highest BCUT2D eigenvalue weighted by atomic mass is 16.6. The number of amides is 2. The van der Waals surface area contributed by atoms with E-state index in [2.05, 4.69) is 5.32 Å². The summed E-state index contributed by atoms with van der Waals surface area (Å²) in [5, 5.41) is 12.2. The molecule has 2 amide bonds. The summed E-state index contributed by atoms with van der Waals surface area (Å²) >= 11 is 0. The van der Waals surface area contributed by atoms with Crippen molar-refractivity contribution in [2.75, 3.05) is 4.90 Å². The Morgan fingerprint density at radius 3 is 2.89 bits per heavy atom. The number of aliphatic hydroxyl groups is 1. The van der Waals surface area contributed by atoms with E-state index in [1.54, 1.807) is 24.3 Å². The van der Waals surface area contributed by atoms with Crippen molar-refractivity contribution >= 4 is 17.5 Å². The number of nitrogens with zero attached hydrogens (tertiary/aromatic N) is 1. The van der Waals surface area contributed by atoms with Crippen LogP contribution in [0.1, 0.15) is 12.8 Å². The Kier molecular flexibility index (Phi) is 2.45. The van der Waals surface area contributed by atoms with Gasteiger partial charge in [0.05, 0.1) is 5.69 Å². The maximum Gasteiger partial charge on any atom is 0.282 e. The molecule has 0 radical (unpaired) electrons. The van der Waals surface area contributed by atoms with Crippen LogP contribution >= 0.6 is 0 Å². The zero-order chi connectivity index (χ0) is 12.7. The van der Waals surface area contributed by atoms with Crippen LogP contribution in [-0.4, -0.2) is 29.4 Å². The molecule has 0 aromatic heterocycles. The molecule has 1 aromatic carbocycles. The molecule has 2 heterocycles. The zero-order valence-electron chi connectivity index (χ0n) is 9.50. The number of rotatable bonds is 1. The highest BCUT2D eigenvalue weighted by Crippen LogP contribution is 2.38. The number of para-hydroxylation sites is 2. The summed E-state index contributed by atoms with van der Waals surface area (Å²) in [5.74, 6) is -0.139. The normalized spacial score (nSPS) is 26.6. The number of ether oxygens (including phenoxy) is 1. The summed E-state index contributed by atoms with van der Waals surface area (Å²) in [7, 11) is 0. The first-order valence-corrected chi connectivity index (χ1v) is 5.72. The Hall–Kier alpha value is -2.08. The average Bonchev–Trinajstić information content (AvgIpc) is 2.66. The van der Waals surface area contributed by atoms with Crippen molar-refractivity contribution in [3.63, 3.8) is 0 Å². The molecule has 2 aliphatic rings. The van der Waals surface area contributed by atoms with Gasteiger partial charge in [-0.1, -0.05) is 12.1 Å². The van der Waals surface area contributed by atoms with Crippen molar-refractivity contribution in [2.24, 2.45) is 0 Å². The summed E-state index contributed by atoms with van der Waals surface area (Å²) in [5.41, 5.74) is 0.666. The van der Waals surface area contributed by atoms with Crippen molar-refractivity contribution < 1.29 is 19.4 Å². The lowest BCUT2D eigenvalue weighted by Gasteiger charge is -2.31. The van der Waals surface area contributed by atoms with Gasteiger partial charge < -0.3 is 9.84 Å². The predicted molar refractivity (Wildman–Crippen MR) is 61.7 cm³/mol. The van der Waals surface area contributed by atoms with Crippen LogP contribution < -0.4 is 15.0 Å². The van der Waals surface area contributed by atoms with E-state index in [0.29, 0.717) is 17.9 Å². The second kappa shape index (κ2) is 3.99. The van der Waals surface area contributed by atoms with Crippen LogP contribution in [0.5, 0.6) is 5.75 Å². The maximum absolute atomic E-state index is 11.8. The third-order valence-corrected chi connectivity index (χ3v) is 3.16. The number of piperidine rings is 1. The quantitative estimate of drug-likeness (QED) is 0.682. The molecule has 18 heavy (non-hydrogen) atoms. The molecule has 94 valence electrons. The van der Waals surface area contributed by atoms with Gasteiger partial charge in [-0.3, -0.25) is 19.8 Å². The number of anilines is 1. The van der Waals surface area contributed by atoms with Crippen molar-refractivity contribution in [1.29, 1.82) is 0 Å². The van der Waals surface area contributed by atoms with Crippen molar-refractivity contribution in [1.82, 2.24) is 5.32 Å². The van der Waals surface area contributed by atoms with Crippen LogP contribution in [0.25, 0.3) is 0 Å². The highest BCUT2D eigenvalue weighted by Gasteiger charge is 2.40. The van der Waals surface area contributed by atoms with Gasteiger partial charge in [0, 0.05) is 6.42 Å². The summed E-state index contributed by atoms with van der Waals surface area (Å²) in [4.78, 5) is 24.4. The zero-order valence-corrected chi connectivity index (χ0v) is 9.50. The second-order valence-corrected chi connectivity index (χ2v) is 4.29. The van der Waals surface area contributed by atoms with Gasteiger partial charge in [-0.25, -0.2) is 0 Å². The number of carbonyl (C=O) groups is 2. The van der Waals surface area contributed by atoms with Gasteiger partial charge in [0.1, 0.15) is 11.8 Å². The smallest absolute Gasteiger partial charge is 0.282 e. The van der Waals surface area contributed by atoms with Crippen molar-refractivity contribution in [2.45, 2.75) is 25.3 Å². The number of hydrogen-bond donors (Lipinski definition) is 2. The molecule has 0 bridgehead atoms. The predicted octanol–water partition coefficient (Wildman–Crippen LogP) is -0.0335. The summed E-state index contributed by atoms with van der Waals surface area (Å²) in [6, 6.07) is 6.51. The lowest BCUT2D eigenvalue weighted by molar-refractivity contribution is -0.135. The molecule has 2 N–H and O–H groups in total. The van der Waals surface area contributed by atoms with E-state index in [-0.39, 0.29) is 12.3 Å². The third kappa shape index (κ3) is 1.62. The van der Waals surface area contributed by atoms with Gasteiger partial charge in [-0.15, -0.1) is 0 Å². The highest BCUT2D eigenvalue weighted by molar-refractivity contribution is 6.02.